The largest absolute Gasteiger partial charge is 0.487 e. The number of benzene rings is 10. The summed E-state index contributed by atoms with van der Waals surface area (Å²) in [5.41, 5.74) is 21.9. The fraction of sp³-hybridized carbons (Fsp3) is 0.130. The number of aromatic nitrogens is 1. The van der Waals surface area contributed by atoms with Gasteiger partial charge < -0.3 is 13.7 Å². The number of fused-ring (bicyclic) bond motifs is 9. The Hall–Kier alpha value is -8.40. The molecule has 348 valence electrons. The molecule has 0 N–H and O–H groups in total. The highest BCUT2D eigenvalue weighted by Crippen LogP contribution is 2.51. The smallest absolute Gasteiger partial charge is 0.135 e. The average molecular weight is 930 g/mol. The molecule has 0 aliphatic heterocycles. The molecule has 10 aromatic carbocycles. The van der Waals surface area contributed by atoms with Gasteiger partial charge in [0, 0.05) is 44.3 Å². The number of rotatable bonds is 7. The Morgan fingerprint density at radius 2 is 0.903 bits per heavy atom. The molecule has 0 radical (unpaired) electrons. The van der Waals surface area contributed by atoms with Crippen LogP contribution >= 0.6 is 0 Å². The number of hydrogen-bond acceptors (Lipinski definition) is 2. The predicted octanol–water partition coefficient (Wildman–Crippen LogP) is 19.0. The van der Waals surface area contributed by atoms with E-state index in [1.807, 2.05) is 0 Å². The first kappa shape index (κ1) is 43.6. The normalized spacial score (nSPS) is 13.6. The highest BCUT2D eigenvalue weighted by atomic mass is 16.5. The van der Waals surface area contributed by atoms with Crippen LogP contribution in [0.2, 0.25) is 0 Å². The van der Waals surface area contributed by atoms with E-state index in [0.717, 1.165) is 72.3 Å². The van der Waals surface area contributed by atoms with Crippen LogP contribution in [0.5, 0.6) is 5.75 Å². The van der Waals surface area contributed by atoms with Crippen molar-refractivity contribution in [1.29, 1.82) is 0 Å². The Labute approximate surface area is 421 Å². The summed E-state index contributed by atoms with van der Waals surface area (Å²) in [5, 5.41) is 4.74. The zero-order valence-electron chi connectivity index (χ0n) is 41.6. The van der Waals surface area contributed by atoms with Crippen LogP contribution in [-0.2, 0) is 5.41 Å². The van der Waals surface area contributed by atoms with Gasteiger partial charge in [-0.25, -0.2) is 0 Å². The van der Waals surface area contributed by atoms with Crippen LogP contribution in [0.25, 0.3) is 105 Å². The number of nitrogens with zero attached hydrogens (tertiary/aromatic N) is 1. The molecule has 3 heteroatoms. The van der Waals surface area contributed by atoms with Crippen LogP contribution in [0.4, 0.5) is 0 Å². The van der Waals surface area contributed by atoms with Crippen LogP contribution in [-0.4, -0.2) is 10.2 Å². The highest BCUT2D eigenvalue weighted by molar-refractivity contribution is 6.10. The Morgan fingerprint density at radius 3 is 1.54 bits per heavy atom. The molecule has 1 atom stereocenters. The molecule has 0 saturated carbocycles. The van der Waals surface area contributed by atoms with Crippen molar-refractivity contribution in [2.24, 2.45) is 0 Å². The van der Waals surface area contributed by atoms with E-state index in [2.05, 4.69) is 264 Å². The van der Waals surface area contributed by atoms with E-state index in [4.69, 9.17) is 9.15 Å². The molecular weight excluding hydrogens is 875 g/mol. The SMILES string of the molecule is CC(C)(C)Oc1c(-c2ccccc2)cc(C(C)(C)C)cc1-c1ccc(C2c3ccccc3-c3cc(-c4ccc5oc6ccc(-c7cccc(-n8c9ccccc9c9ccccc98)c7)cc6c5c4)ccc32)cc1. The molecule has 0 fully saturated rings. The lowest BCUT2D eigenvalue weighted by Gasteiger charge is -2.29. The lowest BCUT2D eigenvalue weighted by Crippen LogP contribution is -2.24. The zero-order chi connectivity index (χ0) is 48.9. The number of furan rings is 1. The van der Waals surface area contributed by atoms with Gasteiger partial charge in [0.15, 0.2) is 0 Å². The maximum atomic E-state index is 6.91. The molecule has 3 nitrogen and oxygen atoms in total. The average Bonchev–Trinajstić information content (AvgIpc) is 4.05. The Kier molecular flexibility index (Phi) is 10.1. The first-order chi connectivity index (χ1) is 34.9. The van der Waals surface area contributed by atoms with Crippen molar-refractivity contribution < 1.29 is 9.15 Å². The van der Waals surface area contributed by atoms with Crippen LogP contribution in [0.15, 0.2) is 223 Å². The standard InChI is InChI=1S/C69H55NO2/c1-68(2,3)50-41-57(43-17-8-7-9-18-43)67(72-69(4,5)6)58(42-50)44-27-29-45(30-28-44)66-55-24-11-10-21-52(55)59-38-47(31-34-56(59)66)49-33-36-65-61(40-49)60-39-48(32-35-64(60)71-65)46-19-16-20-51(37-46)70-62-25-14-12-22-53(62)54-23-13-15-26-63(54)70/h7-42,66H,1-6H3. The van der Waals surface area contributed by atoms with Crippen molar-refractivity contribution in [3.8, 4) is 67.1 Å². The van der Waals surface area contributed by atoms with E-state index < -0.39 is 0 Å². The molecule has 2 aromatic heterocycles. The minimum Gasteiger partial charge on any atom is -0.487 e. The van der Waals surface area contributed by atoms with Gasteiger partial charge in [-0.1, -0.05) is 172 Å². The van der Waals surface area contributed by atoms with Crippen LogP contribution in [0.3, 0.4) is 0 Å². The second-order valence-electron chi connectivity index (χ2n) is 21.6. The molecular formula is C69H55NO2. The van der Waals surface area contributed by atoms with Crippen LogP contribution in [0.1, 0.15) is 69.7 Å². The van der Waals surface area contributed by atoms with Gasteiger partial charge in [-0.2, -0.15) is 0 Å². The van der Waals surface area contributed by atoms with Crippen molar-refractivity contribution >= 4 is 43.7 Å². The number of para-hydroxylation sites is 2. The first-order valence-corrected chi connectivity index (χ1v) is 25.3. The quantitative estimate of drug-likeness (QED) is 0.159. The van der Waals surface area contributed by atoms with Crippen molar-refractivity contribution in [3.05, 3.63) is 241 Å². The minimum atomic E-state index is -0.386. The van der Waals surface area contributed by atoms with Crippen molar-refractivity contribution in [3.63, 3.8) is 0 Å². The van der Waals surface area contributed by atoms with Crippen LogP contribution < -0.4 is 4.74 Å². The Bertz CT molecular complexity index is 4030. The second-order valence-corrected chi connectivity index (χ2v) is 21.6. The summed E-state index contributed by atoms with van der Waals surface area (Å²) in [4.78, 5) is 0. The molecule has 1 aliphatic carbocycles. The van der Waals surface area contributed by atoms with Gasteiger partial charge >= 0.3 is 0 Å². The monoisotopic (exact) mass is 929 g/mol. The summed E-state index contributed by atoms with van der Waals surface area (Å²) in [7, 11) is 0. The molecule has 1 aliphatic rings. The van der Waals surface area contributed by atoms with E-state index in [-0.39, 0.29) is 16.9 Å². The van der Waals surface area contributed by atoms with Gasteiger partial charge in [-0.3, -0.25) is 0 Å². The van der Waals surface area contributed by atoms with Crippen LogP contribution in [0, 0.1) is 0 Å². The molecule has 1 unspecified atom stereocenters. The van der Waals surface area contributed by atoms with E-state index in [9.17, 15) is 0 Å². The van der Waals surface area contributed by atoms with Gasteiger partial charge in [-0.05, 0) is 160 Å². The summed E-state index contributed by atoms with van der Waals surface area (Å²) in [6.07, 6.45) is 0. The molecule has 13 rings (SSSR count). The summed E-state index contributed by atoms with van der Waals surface area (Å²) >= 11 is 0. The fourth-order valence-corrected chi connectivity index (χ4v) is 11.3. The predicted molar refractivity (Wildman–Crippen MR) is 302 cm³/mol. The summed E-state index contributed by atoms with van der Waals surface area (Å²) < 4.78 is 15.8. The molecule has 12 aromatic rings. The lowest BCUT2D eigenvalue weighted by molar-refractivity contribution is 0.132. The number of ether oxygens (including phenoxy) is 1. The highest BCUT2D eigenvalue weighted by Gasteiger charge is 2.31. The molecule has 0 saturated heterocycles. The first-order valence-electron chi connectivity index (χ1n) is 25.3. The number of hydrogen-bond donors (Lipinski definition) is 0. The van der Waals surface area contributed by atoms with Crippen molar-refractivity contribution in [2.45, 2.75) is 58.5 Å². The third-order valence-corrected chi connectivity index (χ3v) is 14.7. The molecule has 0 amide bonds. The molecule has 72 heavy (non-hydrogen) atoms. The Morgan fingerprint density at radius 1 is 0.389 bits per heavy atom. The maximum absolute atomic E-state index is 6.91. The van der Waals surface area contributed by atoms with Gasteiger partial charge in [0.05, 0.1) is 11.0 Å². The molecule has 0 bridgehead atoms. The Balaban J connectivity index is 0.857. The van der Waals surface area contributed by atoms with Crippen molar-refractivity contribution in [2.75, 3.05) is 0 Å². The maximum Gasteiger partial charge on any atom is 0.135 e. The van der Waals surface area contributed by atoms with Gasteiger partial charge in [0.25, 0.3) is 0 Å². The fourth-order valence-electron chi connectivity index (χ4n) is 11.3. The summed E-state index contributed by atoms with van der Waals surface area (Å²) in [5.74, 6) is 1.03. The van der Waals surface area contributed by atoms with Gasteiger partial charge in [-0.15, -0.1) is 0 Å². The minimum absolute atomic E-state index is 0.0555. The molecule has 0 spiro atoms. The summed E-state index contributed by atoms with van der Waals surface area (Å²) in [6.45, 7) is 13.3. The third-order valence-electron chi connectivity index (χ3n) is 14.7. The summed E-state index contributed by atoms with van der Waals surface area (Å²) in [6, 6.07) is 80.1. The van der Waals surface area contributed by atoms with E-state index in [1.165, 1.54) is 60.8 Å². The topological polar surface area (TPSA) is 27.3 Å². The van der Waals surface area contributed by atoms with E-state index in [0.29, 0.717) is 0 Å². The van der Waals surface area contributed by atoms with Crippen molar-refractivity contribution in [1.82, 2.24) is 4.57 Å². The van der Waals surface area contributed by atoms with E-state index in [1.54, 1.807) is 0 Å². The zero-order valence-corrected chi connectivity index (χ0v) is 41.6. The van der Waals surface area contributed by atoms with Gasteiger partial charge in [0.1, 0.15) is 22.5 Å². The lowest BCUT2D eigenvalue weighted by atomic mass is 9.82. The second kappa shape index (κ2) is 16.6. The van der Waals surface area contributed by atoms with Gasteiger partial charge in [0.2, 0.25) is 0 Å². The third kappa shape index (κ3) is 7.42. The molecule has 2 heterocycles. The van der Waals surface area contributed by atoms with E-state index >= 15 is 0 Å².